The molecule has 4 rings (SSSR count). The predicted octanol–water partition coefficient (Wildman–Crippen LogP) is 2.71. The predicted molar refractivity (Wildman–Crippen MR) is 118 cm³/mol. The van der Waals surface area contributed by atoms with Crippen LogP contribution in [0, 0.1) is 0 Å². The van der Waals surface area contributed by atoms with Crippen LogP contribution >= 0.6 is 10.5 Å². The SMILES string of the molecule is CCc1nc2ccccc2c(=O)n1CCOc1ccc(C=S2CC(=O)NC2=O)cc1. The minimum atomic E-state index is -0.718. The van der Waals surface area contributed by atoms with Gasteiger partial charge in [0.2, 0.25) is 5.91 Å². The molecule has 0 aliphatic carbocycles. The lowest BCUT2D eigenvalue weighted by atomic mass is 10.2. The summed E-state index contributed by atoms with van der Waals surface area (Å²) in [6, 6.07) is 14.7. The first-order valence-corrected chi connectivity index (χ1v) is 11.1. The Morgan fingerprint density at radius 2 is 1.90 bits per heavy atom. The number of nitrogens with one attached hydrogen (secondary N) is 1. The van der Waals surface area contributed by atoms with Gasteiger partial charge in [0, 0.05) is 6.42 Å². The van der Waals surface area contributed by atoms with Gasteiger partial charge in [-0.3, -0.25) is 24.3 Å². The first-order valence-electron chi connectivity index (χ1n) is 9.65. The van der Waals surface area contributed by atoms with Gasteiger partial charge in [0.25, 0.3) is 10.8 Å². The molecule has 0 bridgehead atoms. The van der Waals surface area contributed by atoms with E-state index in [1.54, 1.807) is 16.0 Å². The maximum atomic E-state index is 12.8. The second-order valence-corrected chi connectivity index (χ2v) is 8.55. The van der Waals surface area contributed by atoms with Crippen LogP contribution in [-0.2, 0) is 17.8 Å². The number of aryl methyl sites for hydroxylation is 1. The standard InChI is InChI=1S/C22H21N3O4S/c1-2-19-23-18-6-4-3-5-17(18)21(27)25(19)11-12-29-16-9-7-15(8-10-16)13-30-14-20(26)24-22(30)28/h3-10,13H,2,11-12,14H2,1H3,(H,24,26,28). The van der Waals surface area contributed by atoms with Crippen molar-refractivity contribution in [2.75, 3.05) is 12.4 Å². The zero-order chi connectivity index (χ0) is 21.1. The highest BCUT2D eigenvalue weighted by Gasteiger charge is 2.22. The molecule has 1 N–H and O–H groups in total. The lowest BCUT2D eigenvalue weighted by Gasteiger charge is -2.13. The summed E-state index contributed by atoms with van der Waals surface area (Å²) in [7, 11) is -0.718. The third-order valence-electron chi connectivity index (χ3n) is 4.77. The molecule has 1 atom stereocenters. The number of nitrogens with zero attached hydrogens (tertiary/aromatic N) is 2. The number of para-hydroxylation sites is 1. The van der Waals surface area contributed by atoms with Crippen LogP contribution in [0.5, 0.6) is 5.75 Å². The average molecular weight is 423 g/mol. The number of carbonyl (C=O) groups excluding carboxylic acids is 2. The smallest absolute Gasteiger partial charge is 0.280 e. The van der Waals surface area contributed by atoms with Crippen molar-refractivity contribution in [2.24, 2.45) is 0 Å². The normalized spacial score (nSPS) is 16.2. The van der Waals surface area contributed by atoms with E-state index in [4.69, 9.17) is 4.74 Å². The van der Waals surface area contributed by atoms with Crippen molar-refractivity contribution in [3.8, 4) is 5.75 Å². The first-order chi connectivity index (χ1) is 14.5. The molecule has 1 aliphatic heterocycles. The fourth-order valence-corrected chi connectivity index (χ4v) is 4.70. The Hall–Kier alpha value is -3.26. The third kappa shape index (κ3) is 4.18. The number of rotatable bonds is 6. The summed E-state index contributed by atoms with van der Waals surface area (Å²) in [5.41, 5.74) is 1.51. The van der Waals surface area contributed by atoms with Crippen LogP contribution < -0.4 is 15.6 Å². The molecule has 2 amide bonds. The third-order valence-corrected chi connectivity index (χ3v) is 6.47. The van der Waals surface area contributed by atoms with Crippen LogP contribution in [0.4, 0.5) is 4.79 Å². The minimum Gasteiger partial charge on any atom is -0.492 e. The molecule has 3 aromatic rings. The largest absolute Gasteiger partial charge is 0.492 e. The number of ether oxygens (including phenoxy) is 1. The van der Waals surface area contributed by atoms with Crippen molar-refractivity contribution in [1.82, 2.24) is 14.9 Å². The number of aromatic nitrogens is 2. The summed E-state index contributed by atoms with van der Waals surface area (Å²) < 4.78 is 7.48. The molecule has 0 saturated carbocycles. The van der Waals surface area contributed by atoms with Gasteiger partial charge in [-0.2, -0.15) is 0 Å². The van der Waals surface area contributed by atoms with Crippen molar-refractivity contribution in [3.63, 3.8) is 0 Å². The van der Waals surface area contributed by atoms with E-state index in [1.165, 1.54) is 0 Å². The second kappa shape index (κ2) is 8.62. The van der Waals surface area contributed by atoms with Crippen molar-refractivity contribution in [2.45, 2.75) is 19.9 Å². The first kappa shape index (κ1) is 20.0. The van der Waals surface area contributed by atoms with Crippen LogP contribution in [0.2, 0.25) is 0 Å². The summed E-state index contributed by atoms with van der Waals surface area (Å²) in [5, 5.41) is 4.48. The Bertz CT molecular complexity index is 1220. The highest BCUT2D eigenvalue weighted by atomic mass is 32.2. The van der Waals surface area contributed by atoms with E-state index < -0.39 is 10.5 Å². The fourth-order valence-electron chi connectivity index (χ4n) is 3.29. The topological polar surface area (TPSA) is 90.3 Å². The molecule has 1 aliphatic rings. The summed E-state index contributed by atoms with van der Waals surface area (Å²) in [6.45, 7) is 2.71. The minimum absolute atomic E-state index is 0.0589. The molecule has 1 saturated heterocycles. The van der Waals surface area contributed by atoms with E-state index >= 15 is 0 Å². The average Bonchev–Trinajstić information content (AvgIpc) is 3.07. The zero-order valence-corrected chi connectivity index (χ0v) is 17.3. The second-order valence-electron chi connectivity index (χ2n) is 6.80. The Morgan fingerprint density at radius 1 is 1.13 bits per heavy atom. The zero-order valence-electron chi connectivity index (χ0n) is 16.5. The quantitative estimate of drug-likeness (QED) is 0.616. The van der Waals surface area contributed by atoms with Gasteiger partial charge in [0.05, 0.1) is 23.2 Å². The van der Waals surface area contributed by atoms with E-state index in [-0.39, 0.29) is 22.5 Å². The Labute approximate surface area is 175 Å². The van der Waals surface area contributed by atoms with E-state index in [0.717, 1.165) is 11.4 Å². The van der Waals surface area contributed by atoms with Crippen LogP contribution in [0.1, 0.15) is 18.3 Å². The summed E-state index contributed by atoms with van der Waals surface area (Å²) in [4.78, 5) is 40.4. The van der Waals surface area contributed by atoms with E-state index in [9.17, 15) is 14.4 Å². The van der Waals surface area contributed by atoms with Crippen LogP contribution in [0.15, 0.2) is 53.3 Å². The molecule has 0 spiro atoms. The van der Waals surface area contributed by atoms with E-state index in [1.807, 2.05) is 49.4 Å². The molecule has 8 heteroatoms. The molecular weight excluding hydrogens is 402 g/mol. The van der Waals surface area contributed by atoms with Gasteiger partial charge < -0.3 is 4.74 Å². The molecule has 0 radical (unpaired) electrons. The van der Waals surface area contributed by atoms with Gasteiger partial charge >= 0.3 is 0 Å². The molecule has 2 aromatic carbocycles. The Balaban J connectivity index is 1.44. The number of benzene rings is 2. The monoisotopic (exact) mass is 423 g/mol. The maximum Gasteiger partial charge on any atom is 0.280 e. The number of hydrogen-bond donors (Lipinski definition) is 1. The lowest BCUT2D eigenvalue weighted by Crippen LogP contribution is -2.27. The molecule has 30 heavy (non-hydrogen) atoms. The van der Waals surface area contributed by atoms with Crippen LogP contribution in [-0.4, -0.2) is 38.4 Å². The number of hydrogen-bond acceptors (Lipinski definition) is 5. The van der Waals surface area contributed by atoms with Gasteiger partial charge in [-0.25, -0.2) is 4.98 Å². The molecule has 1 aromatic heterocycles. The van der Waals surface area contributed by atoms with Gasteiger partial charge in [-0.15, -0.1) is 0 Å². The van der Waals surface area contributed by atoms with Gasteiger partial charge in [0.1, 0.15) is 18.2 Å². The van der Waals surface area contributed by atoms with Crippen molar-refractivity contribution < 1.29 is 14.3 Å². The summed E-state index contributed by atoms with van der Waals surface area (Å²) in [6.07, 6.45) is 0.655. The fraction of sp³-hybridized carbons (Fsp3) is 0.227. The number of amides is 2. The van der Waals surface area contributed by atoms with Gasteiger partial charge in [-0.1, -0.05) is 41.7 Å². The van der Waals surface area contributed by atoms with Crippen LogP contribution in [0.3, 0.4) is 0 Å². The number of imide groups is 1. The Morgan fingerprint density at radius 3 is 2.60 bits per heavy atom. The molecule has 1 fully saturated rings. The van der Waals surface area contributed by atoms with E-state index in [0.29, 0.717) is 36.2 Å². The lowest BCUT2D eigenvalue weighted by molar-refractivity contribution is -0.117. The maximum absolute atomic E-state index is 12.8. The van der Waals surface area contributed by atoms with Gasteiger partial charge in [-0.05, 0) is 35.2 Å². The summed E-state index contributed by atoms with van der Waals surface area (Å²) in [5.74, 6) is 1.38. The van der Waals surface area contributed by atoms with Crippen molar-refractivity contribution in [3.05, 3.63) is 70.3 Å². The highest BCUT2D eigenvalue weighted by Crippen LogP contribution is 2.21. The number of fused-ring (bicyclic) bond motifs is 1. The van der Waals surface area contributed by atoms with Crippen molar-refractivity contribution in [1.29, 1.82) is 0 Å². The molecule has 154 valence electrons. The van der Waals surface area contributed by atoms with Gasteiger partial charge in [0.15, 0.2) is 0 Å². The summed E-state index contributed by atoms with van der Waals surface area (Å²) >= 11 is 0. The molecule has 7 nitrogen and oxygen atoms in total. The molecular formula is C22H21N3O4S. The van der Waals surface area contributed by atoms with Crippen LogP contribution in [0.25, 0.3) is 10.9 Å². The number of carbonyl (C=O) groups is 2. The van der Waals surface area contributed by atoms with E-state index in [2.05, 4.69) is 10.3 Å². The van der Waals surface area contributed by atoms with Crippen molar-refractivity contribution >= 4 is 37.9 Å². The molecule has 2 heterocycles. The highest BCUT2D eigenvalue weighted by molar-refractivity contribution is 8.28. The Kier molecular flexibility index (Phi) is 5.76. The molecule has 1 unspecified atom stereocenters.